The second-order valence-electron chi connectivity index (χ2n) is 6.52. The molecule has 2 aliphatic rings. The van der Waals surface area contributed by atoms with Crippen molar-refractivity contribution in [3.05, 3.63) is 0 Å². The van der Waals surface area contributed by atoms with Crippen molar-refractivity contribution in [2.45, 2.75) is 52.0 Å². The van der Waals surface area contributed by atoms with E-state index < -0.39 is 0 Å². The molecule has 1 heterocycles. The maximum absolute atomic E-state index is 12.3. The van der Waals surface area contributed by atoms with E-state index in [4.69, 9.17) is 10.5 Å². The molecular formula is C14H26N2O2. The number of carbonyl (C=O) groups is 1. The summed E-state index contributed by atoms with van der Waals surface area (Å²) in [7, 11) is 0. The van der Waals surface area contributed by atoms with E-state index in [0.717, 1.165) is 51.9 Å². The van der Waals surface area contributed by atoms with Crippen LogP contribution in [0.2, 0.25) is 0 Å². The molecule has 18 heavy (non-hydrogen) atoms. The summed E-state index contributed by atoms with van der Waals surface area (Å²) < 4.78 is 5.38. The van der Waals surface area contributed by atoms with Crippen LogP contribution in [0.25, 0.3) is 0 Å². The minimum Gasteiger partial charge on any atom is -0.381 e. The van der Waals surface area contributed by atoms with Crippen molar-refractivity contribution in [1.29, 1.82) is 0 Å². The normalized spacial score (nSPS) is 35.4. The molecule has 0 spiro atoms. The van der Waals surface area contributed by atoms with Gasteiger partial charge in [0.1, 0.15) is 0 Å². The highest BCUT2D eigenvalue weighted by Gasteiger charge is 2.43. The van der Waals surface area contributed by atoms with Crippen molar-refractivity contribution < 1.29 is 9.53 Å². The zero-order valence-electron chi connectivity index (χ0n) is 11.6. The van der Waals surface area contributed by atoms with E-state index in [2.05, 4.69) is 12.2 Å². The van der Waals surface area contributed by atoms with Crippen molar-refractivity contribution in [2.24, 2.45) is 16.6 Å². The van der Waals surface area contributed by atoms with Crippen molar-refractivity contribution in [3.63, 3.8) is 0 Å². The molecule has 2 atom stereocenters. The lowest BCUT2D eigenvalue weighted by molar-refractivity contribution is -0.131. The fourth-order valence-electron chi connectivity index (χ4n) is 3.01. The predicted molar refractivity (Wildman–Crippen MR) is 71.1 cm³/mol. The van der Waals surface area contributed by atoms with Gasteiger partial charge in [0.2, 0.25) is 5.91 Å². The Labute approximate surface area is 110 Å². The van der Waals surface area contributed by atoms with Crippen LogP contribution < -0.4 is 11.1 Å². The van der Waals surface area contributed by atoms with Crippen LogP contribution in [-0.4, -0.2) is 31.7 Å². The van der Waals surface area contributed by atoms with Gasteiger partial charge in [0.15, 0.2) is 0 Å². The van der Waals surface area contributed by atoms with Gasteiger partial charge in [0, 0.05) is 25.8 Å². The zero-order chi connectivity index (χ0) is 13.2. The molecule has 0 radical (unpaired) electrons. The minimum absolute atomic E-state index is 0.0139. The molecule has 1 amide bonds. The zero-order valence-corrected chi connectivity index (χ0v) is 11.6. The predicted octanol–water partition coefficient (Wildman–Crippen LogP) is 1.44. The molecule has 1 saturated carbocycles. The van der Waals surface area contributed by atoms with Gasteiger partial charge in [-0.1, -0.05) is 13.3 Å². The largest absolute Gasteiger partial charge is 0.381 e. The summed E-state index contributed by atoms with van der Waals surface area (Å²) in [5.74, 6) is 0.139. The minimum atomic E-state index is -0.360. The lowest BCUT2D eigenvalue weighted by Crippen LogP contribution is -2.50. The van der Waals surface area contributed by atoms with E-state index in [0.29, 0.717) is 0 Å². The first-order chi connectivity index (χ1) is 8.46. The fraction of sp³-hybridized carbons (Fsp3) is 0.929. The molecule has 0 aromatic heterocycles. The van der Waals surface area contributed by atoms with Gasteiger partial charge in [-0.25, -0.2) is 0 Å². The van der Waals surface area contributed by atoms with Crippen molar-refractivity contribution in [2.75, 3.05) is 19.8 Å². The highest BCUT2D eigenvalue weighted by atomic mass is 16.5. The Morgan fingerprint density at radius 1 is 1.33 bits per heavy atom. The highest BCUT2D eigenvalue weighted by molar-refractivity contribution is 5.83. The van der Waals surface area contributed by atoms with E-state index >= 15 is 0 Å². The number of hydrogen-bond acceptors (Lipinski definition) is 3. The van der Waals surface area contributed by atoms with Gasteiger partial charge in [-0.15, -0.1) is 0 Å². The average Bonchev–Trinajstić information content (AvgIpc) is 2.69. The maximum atomic E-state index is 12.3. The molecule has 104 valence electrons. The number of hydrogen-bond donors (Lipinski definition) is 2. The summed E-state index contributed by atoms with van der Waals surface area (Å²) in [6.07, 6.45) is 5.00. The van der Waals surface area contributed by atoms with E-state index in [9.17, 15) is 4.79 Å². The Morgan fingerprint density at radius 3 is 2.56 bits per heavy atom. The SMILES string of the molecule is CC1(CNC(=O)C2(C)CCCC2N)CCOCC1. The summed E-state index contributed by atoms with van der Waals surface area (Å²) in [5, 5.41) is 3.13. The third-order valence-electron chi connectivity index (χ3n) is 4.92. The molecule has 0 aromatic rings. The van der Waals surface area contributed by atoms with Crippen LogP contribution >= 0.6 is 0 Å². The molecule has 2 rings (SSSR count). The highest BCUT2D eigenvalue weighted by Crippen LogP contribution is 2.37. The molecule has 0 bridgehead atoms. The molecule has 4 heteroatoms. The van der Waals surface area contributed by atoms with Gasteiger partial charge in [0.05, 0.1) is 5.41 Å². The van der Waals surface area contributed by atoms with E-state index in [-0.39, 0.29) is 22.8 Å². The summed E-state index contributed by atoms with van der Waals surface area (Å²) in [6.45, 7) is 6.60. The van der Waals surface area contributed by atoms with Gasteiger partial charge in [-0.3, -0.25) is 4.79 Å². The van der Waals surface area contributed by atoms with Gasteiger partial charge in [0.25, 0.3) is 0 Å². The smallest absolute Gasteiger partial charge is 0.227 e. The number of nitrogens with two attached hydrogens (primary N) is 1. The first kappa shape index (κ1) is 13.8. The van der Waals surface area contributed by atoms with Crippen molar-refractivity contribution in [3.8, 4) is 0 Å². The van der Waals surface area contributed by atoms with Crippen LogP contribution in [0.1, 0.15) is 46.0 Å². The van der Waals surface area contributed by atoms with Crippen LogP contribution in [0, 0.1) is 10.8 Å². The lowest BCUT2D eigenvalue weighted by Gasteiger charge is -2.35. The molecule has 1 saturated heterocycles. The fourth-order valence-corrected chi connectivity index (χ4v) is 3.01. The number of nitrogens with one attached hydrogen (secondary N) is 1. The summed E-state index contributed by atoms with van der Waals surface area (Å²) in [4.78, 5) is 12.3. The Bertz CT molecular complexity index is 313. The van der Waals surface area contributed by atoms with E-state index in [1.165, 1.54) is 0 Å². The summed E-state index contributed by atoms with van der Waals surface area (Å²) >= 11 is 0. The number of ether oxygens (including phenoxy) is 1. The van der Waals surface area contributed by atoms with E-state index in [1.54, 1.807) is 0 Å². The average molecular weight is 254 g/mol. The Balaban J connectivity index is 1.88. The number of amides is 1. The van der Waals surface area contributed by atoms with Gasteiger partial charge < -0.3 is 15.8 Å². The van der Waals surface area contributed by atoms with Gasteiger partial charge in [-0.2, -0.15) is 0 Å². The molecule has 2 unspecified atom stereocenters. The van der Waals surface area contributed by atoms with Crippen LogP contribution in [0.15, 0.2) is 0 Å². The second-order valence-corrected chi connectivity index (χ2v) is 6.52. The van der Waals surface area contributed by atoms with E-state index in [1.807, 2.05) is 6.92 Å². The Hall–Kier alpha value is -0.610. The topological polar surface area (TPSA) is 64.4 Å². The van der Waals surface area contributed by atoms with Crippen molar-refractivity contribution in [1.82, 2.24) is 5.32 Å². The monoisotopic (exact) mass is 254 g/mol. The molecular weight excluding hydrogens is 228 g/mol. The summed E-state index contributed by atoms with van der Waals surface area (Å²) in [5.41, 5.74) is 5.90. The third kappa shape index (κ3) is 2.69. The van der Waals surface area contributed by atoms with Crippen LogP contribution in [-0.2, 0) is 9.53 Å². The maximum Gasteiger partial charge on any atom is 0.227 e. The lowest BCUT2D eigenvalue weighted by atomic mass is 9.80. The quantitative estimate of drug-likeness (QED) is 0.801. The molecule has 1 aliphatic carbocycles. The van der Waals surface area contributed by atoms with Gasteiger partial charge >= 0.3 is 0 Å². The summed E-state index contributed by atoms with van der Waals surface area (Å²) in [6, 6.07) is 0.0139. The molecule has 0 aromatic carbocycles. The first-order valence-electron chi connectivity index (χ1n) is 7.08. The molecule has 2 fully saturated rings. The Kier molecular flexibility index (Phi) is 3.97. The molecule has 1 aliphatic heterocycles. The first-order valence-corrected chi connectivity index (χ1v) is 7.08. The molecule has 3 N–H and O–H groups in total. The van der Waals surface area contributed by atoms with Crippen LogP contribution in [0.5, 0.6) is 0 Å². The molecule has 4 nitrogen and oxygen atoms in total. The standard InChI is InChI=1S/C14H26N2O2/c1-13(6-8-18-9-7-13)10-16-12(17)14(2)5-3-4-11(14)15/h11H,3-10,15H2,1-2H3,(H,16,17). The third-order valence-corrected chi connectivity index (χ3v) is 4.92. The van der Waals surface area contributed by atoms with Crippen LogP contribution in [0.3, 0.4) is 0 Å². The Morgan fingerprint density at radius 2 is 2.00 bits per heavy atom. The van der Waals surface area contributed by atoms with Crippen molar-refractivity contribution >= 4 is 5.91 Å². The van der Waals surface area contributed by atoms with Gasteiger partial charge in [-0.05, 0) is 38.0 Å². The number of carbonyl (C=O) groups excluding carboxylic acids is 1. The number of rotatable bonds is 3. The van der Waals surface area contributed by atoms with Crippen LogP contribution in [0.4, 0.5) is 0 Å². The second kappa shape index (κ2) is 5.17.